The maximum absolute atomic E-state index is 12.8. The molecule has 26 heavy (non-hydrogen) atoms. The number of carbonyl (C=O) groups excluding carboxylic acids is 3. The molecule has 1 heterocycles. The number of esters is 1. The molecular formula is C19H28N3O4+. The van der Waals surface area contributed by atoms with Crippen LogP contribution in [0.5, 0.6) is 0 Å². The number of hydrogen-bond acceptors (Lipinski definition) is 4. The van der Waals surface area contributed by atoms with Gasteiger partial charge in [-0.05, 0) is 13.8 Å². The fraction of sp³-hybridized carbons (Fsp3) is 0.526. The van der Waals surface area contributed by atoms with Gasteiger partial charge in [0.2, 0.25) is 0 Å². The number of piperidine rings is 1. The molecule has 1 saturated heterocycles. The Kier molecular flexibility index (Phi) is 7.59. The van der Waals surface area contributed by atoms with E-state index in [9.17, 15) is 14.4 Å². The molecule has 1 fully saturated rings. The first-order chi connectivity index (χ1) is 12.6. The minimum absolute atomic E-state index is 0.110. The van der Waals surface area contributed by atoms with Gasteiger partial charge in [-0.2, -0.15) is 0 Å². The van der Waals surface area contributed by atoms with Gasteiger partial charge in [-0.15, -0.1) is 0 Å². The molecule has 0 aliphatic carbocycles. The van der Waals surface area contributed by atoms with E-state index in [1.54, 1.807) is 13.8 Å². The van der Waals surface area contributed by atoms with Gasteiger partial charge in [0.15, 0.2) is 6.04 Å². The Morgan fingerprint density at radius 2 is 1.81 bits per heavy atom. The molecule has 1 aromatic carbocycles. The molecule has 142 valence electrons. The molecule has 7 nitrogen and oxygen atoms in total. The first-order valence-corrected chi connectivity index (χ1v) is 9.21. The minimum Gasteiger partial charge on any atom is -0.466 e. The summed E-state index contributed by atoms with van der Waals surface area (Å²) in [6.07, 6.45) is 1.35. The molecule has 7 heteroatoms. The summed E-state index contributed by atoms with van der Waals surface area (Å²) in [6.45, 7) is 5.78. The summed E-state index contributed by atoms with van der Waals surface area (Å²) in [5.41, 5.74) is 0.860. The number of likely N-dealkylation sites (tertiary alicyclic amines) is 1. The lowest BCUT2D eigenvalue weighted by Crippen LogP contribution is -3.14. The molecule has 1 aliphatic heterocycles. The Hall–Kier alpha value is -2.41. The van der Waals surface area contributed by atoms with Gasteiger partial charge in [0.1, 0.15) is 0 Å². The first kappa shape index (κ1) is 19.9. The second-order valence-corrected chi connectivity index (χ2v) is 6.38. The van der Waals surface area contributed by atoms with Gasteiger partial charge in [0.25, 0.3) is 5.91 Å². The highest BCUT2D eigenvalue weighted by Crippen LogP contribution is 2.16. The number of rotatable bonds is 6. The Labute approximate surface area is 154 Å². The summed E-state index contributed by atoms with van der Waals surface area (Å²) >= 11 is 0. The maximum Gasteiger partial charge on any atom is 0.321 e. The average molecular weight is 362 g/mol. The van der Waals surface area contributed by atoms with E-state index in [4.69, 9.17) is 4.74 Å². The van der Waals surface area contributed by atoms with E-state index in [1.807, 2.05) is 30.3 Å². The average Bonchev–Trinajstić information content (AvgIpc) is 2.63. The summed E-state index contributed by atoms with van der Waals surface area (Å²) in [5, 5.41) is 5.01. The van der Waals surface area contributed by atoms with Crippen LogP contribution in [0.3, 0.4) is 0 Å². The molecule has 1 aromatic rings. The molecule has 0 radical (unpaired) electrons. The van der Waals surface area contributed by atoms with Crippen molar-refractivity contribution in [2.24, 2.45) is 5.92 Å². The molecule has 0 bridgehead atoms. The van der Waals surface area contributed by atoms with Crippen molar-refractivity contribution in [2.75, 3.05) is 26.2 Å². The molecule has 0 aromatic heterocycles. The van der Waals surface area contributed by atoms with Crippen LogP contribution in [0.25, 0.3) is 0 Å². The van der Waals surface area contributed by atoms with Gasteiger partial charge in [0, 0.05) is 24.9 Å². The van der Waals surface area contributed by atoms with Crippen LogP contribution < -0.4 is 15.5 Å². The molecule has 0 spiro atoms. The van der Waals surface area contributed by atoms with Gasteiger partial charge in [0.05, 0.1) is 25.6 Å². The van der Waals surface area contributed by atoms with Crippen LogP contribution in [0.4, 0.5) is 4.79 Å². The Bertz CT molecular complexity index is 612. The van der Waals surface area contributed by atoms with E-state index in [-0.39, 0.29) is 17.8 Å². The van der Waals surface area contributed by atoms with E-state index >= 15 is 0 Å². The minimum atomic E-state index is -0.487. The van der Waals surface area contributed by atoms with Gasteiger partial charge < -0.3 is 15.0 Å². The normalized spacial score (nSPS) is 20.7. The molecule has 1 atom stereocenters. The van der Waals surface area contributed by atoms with E-state index in [2.05, 4.69) is 10.6 Å². The largest absolute Gasteiger partial charge is 0.466 e. The van der Waals surface area contributed by atoms with Crippen molar-refractivity contribution in [2.45, 2.75) is 32.7 Å². The SMILES string of the molecule is CCNC(=O)NC(=O)[C@@H](c1ccccc1)[NH+]1CCC(C(=O)OCC)CC1. The molecule has 0 saturated carbocycles. The van der Waals surface area contributed by atoms with Crippen molar-refractivity contribution < 1.29 is 24.0 Å². The van der Waals surface area contributed by atoms with Crippen molar-refractivity contribution in [3.63, 3.8) is 0 Å². The van der Waals surface area contributed by atoms with Crippen LogP contribution >= 0.6 is 0 Å². The summed E-state index contributed by atoms with van der Waals surface area (Å²) in [7, 11) is 0. The number of benzene rings is 1. The van der Waals surface area contributed by atoms with Gasteiger partial charge in [-0.3, -0.25) is 14.9 Å². The lowest BCUT2D eigenvalue weighted by molar-refractivity contribution is -0.927. The number of quaternary nitrogens is 1. The summed E-state index contributed by atoms with van der Waals surface area (Å²) in [4.78, 5) is 37.5. The van der Waals surface area contributed by atoms with Crippen LogP contribution in [-0.2, 0) is 14.3 Å². The van der Waals surface area contributed by atoms with Crippen LogP contribution in [-0.4, -0.2) is 44.1 Å². The molecule has 1 aliphatic rings. The monoisotopic (exact) mass is 362 g/mol. The van der Waals surface area contributed by atoms with Gasteiger partial charge in [-0.1, -0.05) is 30.3 Å². The molecule has 2 rings (SSSR count). The molecular weight excluding hydrogens is 334 g/mol. The highest BCUT2D eigenvalue weighted by atomic mass is 16.5. The Morgan fingerprint density at radius 3 is 2.38 bits per heavy atom. The zero-order chi connectivity index (χ0) is 18.9. The predicted molar refractivity (Wildman–Crippen MR) is 96.5 cm³/mol. The zero-order valence-corrected chi connectivity index (χ0v) is 15.4. The smallest absolute Gasteiger partial charge is 0.321 e. The number of nitrogens with one attached hydrogen (secondary N) is 3. The highest BCUT2D eigenvalue weighted by molar-refractivity contribution is 5.96. The van der Waals surface area contributed by atoms with Crippen molar-refractivity contribution in [1.82, 2.24) is 10.6 Å². The zero-order valence-electron chi connectivity index (χ0n) is 15.4. The molecule has 3 amide bonds. The summed E-state index contributed by atoms with van der Waals surface area (Å²) in [5.74, 6) is -0.595. The third-order valence-corrected chi connectivity index (χ3v) is 4.63. The van der Waals surface area contributed by atoms with E-state index < -0.39 is 12.1 Å². The standard InChI is InChI=1S/C19H27N3O4/c1-3-20-19(25)21-17(23)16(14-8-6-5-7-9-14)22-12-10-15(11-13-22)18(24)26-4-2/h5-9,15-16H,3-4,10-13H2,1-2H3,(H2,20,21,23,25)/p+1/t16-/m1/s1. The maximum atomic E-state index is 12.8. The van der Waals surface area contributed by atoms with Crippen LogP contribution in [0.15, 0.2) is 30.3 Å². The lowest BCUT2D eigenvalue weighted by atomic mass is 9.94. The van der Waals surface area contributed by atoms with E-state index in [1.165, 1.54) is 0 Å². The number of carbonyl (C=O) groups is 3. The number of ether oxygens (including phenoxy) is 1. The fourth-order valence-corrected chi connectivity index (χ4v) is 3.38. The highest BCUT2D eigenvalue weighted by Gasteiger charge is 2.37. The van der Waals surface area contributed by atoms with Gasteiger partial charge >= 0.3 is 12.0 Å². The number of amides is 3. The van der Waals surface area contributed by atoms with Crippen LogP contribution in [0.1, 0.15) is 38.3 Å². The Balaban J connectivity index is 2.09. The molecule has 0 unspecified atom stereocenters. The van der Waals surface area contributed by atoms with Gasteiger partial charge in [-0.25, -0.2) is 4.79 Å². The van der Waals surface area contributed by atoms with E-state index in [0.717, 1.165) is 10.5 Å². The Morgan fingerprint density at radius 1 is 1.15 bits per heavy atom. The summed E-state index contributed by atoms with van der Waals surface area (Å²) < 4.78 is 5.11. The second kappa shape index (κ2) is 9.91. The topological polar surface area (TPSA) is 88.9 Å². The van der Waals surface area contributed by atoms with Crippen LogP contribution in [0, 0.1) is 5.92 Å². The van der Waals surface area contributed by atoms with Crippen molar-refractivity contribution in [1.29, 1.82) is 0 Å². The van der Waals surface area contributed by atoms with Crippen LogP contribution in [0.2, 0.25) is 0 Å². The predicted octanol–water partition coefficient (Wildman–Crippen LogP) is 0.431. The first-order valence-electron chi connectivity index (χ1n) is 9.21. The molecule has 3 N–H and O–H groups in total. The third kappa shape index (κ3) is 5.29. The summed E-state index contributed by atoms with van der Waals surface area (Å²) in [6, 6.07) is 8.48. The number of hydrogen-bond donors (Lipinski definition) is 3. The number of urea groups is 1. The van der Waals surface area contributed by atoms with Crippen molar-refractivity contribution in [3.05, 3.63) is 35.9 Å². The van der Waals surface area contributed by atoms with Crippen molar-refractivity contribution >= 4 is 17.9 Å². The third-order valence-electron chi connectivity index (χ3n) is 4.63. The lowest BCUT2D eigenvalue weighted by Gasteiger charge is -2.33. The van der Waals surface area contributed by atoms with E-state index in [0.29, 0.717) is 39.1 Å². The quantitative estimate of drug-likeness (QED) is 0.641. The van der Waals surface area contributed by atoms with Crippen molar-refractivity contribution in [3.8, 4) is 0 Å². The fourth-order valence-electron chi connectivity index (χ4n) is 3.38. The second-order valence-electron chi connectivity index (χ2n) is 6.38. The number of imide groups is 1.